The first-order valence-corrected chi connectivity index (χ1v) is 5.61. The zero-order chi connectivity index (χ0) is 11.0. The Balaban J connectivity index is 2.45. The molecule has 0 radical (unpaired) electrons. The number of anilines is 1. The fourth-order valence-electron chi connectivity index (χ4n) is 1.33. The molecular formula is C9H6ClIN2O2. The van der Waals surface area contributed by atoms with E-state index in [1.807, 2.05) is 22.6 Å². The van der Waals surface area contributed by atoms with Crippen LogP contribution >= 0.6 is 34.2 Å². The Morgan fingerprint density at radius 1 is 1.40 bits per heavy atom. The number of hydrogen-bond acceptors (Lipinski definition) is 2. The van der Waals surface area contributed by atoms with Gasteiger partial charge in [-0.1, -0.05) is 11.6 Å². The van der Waals surface area contributed by atoms with Gasteiger partial charge in [0.1, 0.15) is 0 Å². The van der Waals surface area contributed by atoms with Crippen LogP contribution in [0.5, 0.6) is 0 Å². The number of halogens is 2. The molecule has 0 bridgehead atoms. The lowest BCUT2D eigenvalue weighted by Crippen LogP contribution is -2.31. The number of nitrogens with one attached hydrogen (secondary N) is 1. The van der Waals surface area contributed by atoms with Crippen LogP contribution in [0.4, 0.5) is 10.5 Å². The smallest absolute Gasteiger partial charge is 0.328 e. The number of carbonyl (C=O) groups is 2. The van der Waals surface area contributed by atoms with Gasteiger partial charge in [-0.05, 0) is 40.8 Å². The number of carbonyl (C=O) groups excluding carboxylic acids is 2. The summed E-state index contributed by atoms with van der Waals surface area (Å²) in [5.74, 6) is -0.250. The van der Waals surface area contributed by atoms with E-state index in [9.17, 15) is 9.59 Å². The summed E-state index contributed by atoms with van der Waals surface area (Å²) in [4.78, 5) is 23.9. The maximum absolute atomic E-state index is 11.4. The van der Waals surface area contributed by atoms with Gasteiger partial charge < -0.3 is 5.32 Å². The lowest BCUT2D eigenvalue weighted by Gasteiger charge is -2.14. The van der Waals surface area contributed by atoms with Gasteiger partial charge in [0, 0.05) is 8.59 Å². The van der Waals surface area contributed by atoms with Crippen molar-refractivity contribution in [2.75, 3.05) is 11.4 Å². The van der Waals surface area contributed by atoms with Gasteiger partial charge >= 0.3 is 6.03 Å². The maximum Gasteiger partial charge on any atom is 0.329 e. The molecule has 1 N–H and O–H groups in total. The summed E-state index contributed by atoms with van der Waals surface area (Å²) in [6.07, 6.45) is 0. The van der Waals surface area contributed by atoms with E-state index < -0.39 is 0 Å². The van der Waals surface area contributed by atoms with Gasteiger partial charge in [-0.15, -0.1) is 0 Å². The third kappa shape index (κ3) is 1.93. The van der Waals surface area contributed by atoms with Crippen LogP contribution in [-0.2, 0) is 4.79 Å². The van der Waals surface area contributed by atoms with Crippen molar-refractivity contribution in [1.29, 1.82) is 0 Å². The number of nitrogens with zero attached hydrogens (tertiary/aromatic N) is 1. The molecule has 0 unspecified atom stereocenters. The summed E-state index contributed by atoms with van der Waals surface area (Å²) < 4.78 is 0.769. The SMILES string of the molecule is O=C1CNC(=O)N1c1ccc(Cl)cc1I. The highest BCUT2D eigenvalue weighted by Crippen LogP contribution is 2.27. The molecule has 15 heavy (non-hydrogen) atoms. The number of imide groups is 1. The van der Waals surface area contributed by atoms with Crippen LogP contribution in [0.3, 0.4) is 0 Å². The molecule has 2 rings (SSSR count). The molecular weight excluding hydrogens is 330 g/mol. The van der Waals surface area contributed by atoms with Gasteiger partial charge in [-0.3, -0.25) is 4.79 Å². The molecule has 1 fully saturated rings. The van der Waals surface area contributed by atoms with Crippen molar-refractivity contribution >= 4 is 51.8 Å². The normalized spacial score (nSPS) is 15.7. The lowest BCUT2D eigenvalue weighted by atomic mass is 10.3. The van der Waals surface area contributed by atoms with Crippen LogP contribution in [-0.4, -0.2) is 18.5 Å². The fourth-order valence-corrected chi connectivity index (χ4v) is 2.44. The fraction of sp³-hybridized carbons (Fsp3) is 0.111. The van der Waals surface area contributed by atoms with Gasteiger partial charge in [0.2, 0.25) is 0 Å². The number of rotatable bonds is 1. The van der Waals surface area contributed by atoms with Crippen molar-refractivity contribution in [1.82, 2.24) is 5.32 Å². The van der Waals surface area contributed by atoms with Gasteiger partial charge in [0.15, 0.2) is 0 Å². The summed E-state index contributed by atoms with van der Waals surface area (Å²) >= 11 is 7.82. The second kappa shape index (κ2) is 3.97. The van der Waals surface area contributed by atoms with Gasteiger partial charge in [-0.2, -0.15) is 0 Å². The minimum atomic E-state index is -0.389. The molecule has 0 saturated carbocycles. The molecule has 1 aliphatic heterocycles. The van der Waals surface area contributed by atoms with Crippen LogP contribution in [0.1, 0.15) is 0 Å². The van der Waals surface area contributed by atoms with E-state index in [1.165, 1.54) is 0 Å². The first kappa shape index (κ1) is 10.7. The molecule has 0 spiro atoms. The van der Waals surface area contributed by atoms with Crippen molar-refractivity contribution in [2.24, 2.45) is 0 Å². The van der Waals surface area contributed by atoms with Gasteiger partial charge in [-0.25, -0.2) is 9.69 Å². The topological polar surface area (TPSA) is 49.4 Å². The second-order valence-corrected chi connectivity index (χ2v) is 4.58. The molecule has 6 heteroatoms. The minimum Gasteiger partial charge on any atom is -0.328 e. The van der Waals surface area contributed by atoms with Crippen LogP contribution in [0, 0.1) is 3.57 Å². The zero-order valence-corrected chi connectivity index (χ0v) is 10.4. The van der Waals surface area contributed by atoms with Crippen LogP contribution in [0.25, 0.3) is 0 Å². The summed E-state index contributed by atoms with van der Waals surface area (Å²) in [6, 6.07) is 4.63. The standard InChI is InChI=1S/C9H6ClIN2O2/c10-5-1-2-7(6(11)3-5)13-8(14)4-12-9(13)15/h1-3H,4H2,(H,12,15). The molecule has 0 atom stereocenters. The first-order chi connectivity index (χ1) is 7.09. The molecule has 3 amide bonds. The van der Waals surface area contributed by atoms with Crippen LogP contribution in [0.2, 0.25) is 5.02 Å². The molecule has 1 heterocycles. The Hall–Kier alpha value is -0.820. The first-order valence-electron chi connectivity index (χ1n) is 4.15. The molecule has 0 aliphatic carbocycles. The molecule has 0 aromatic heterocycles. The third-order valence-corrected chi connectivity index (χ3v) is 3.09. The quantitative estimate of drug-likeness (QED) is 0.630. The minimum absolute atomic E-state index is 0.0531. The van der Waals surface area contributed by atoms with E-state index in [-0.39, 0.29) is 18.5 Å². The third-order valence-electron chi connectivity index (χ3n) is 1.99. The lowest BCUT2D eigenvalue weighted by molar-refractivity contribution is -0.115. The van der Waals surface area contributed by atoms with Crippen molar-refractivity contribution in [3.63, 3.8) is 0 Å². The number of benzene rings is 1. The predicted molar refractivity (Wildman–Crippen MR) is 65.1 cm³/mol. The second-order valence-electron chi connectivity index (χ2n) is 2.98. The highest BCUT2D eigenvalue weighted by molar-refractivity contribution is 14.1. The van der Waals surface area contributed by atoms with Crippen molar-refractivity contribution < 1.29 is 9.59 Å². The van der Waals surface area contributed by atoms with Crippen LogP contribution in [0.15, 0.2) is 18.2 Å². The Kier molecular flexibility index (Phi) is 2.83. The van der Waals surface area contributed by atoms with E-state index in [2.05, 4.69) is 5.32 Å². The Bertz CT molecular complexity index is 434. The average Bonchev–Trinajstić information content (AvgIpc) is 2.48. The van der Waals surface area contributed by atoms with E-state index in [4.69, 9.17) is 11.6 Å². The monoisotopic (exact) mass is 336 g/mol. The summed E-state index contributed by atoms with van der Waals surface area (Å²) in [5.41, 5.74) is 0.569. The largest absolute Gasteiger partial charge is 0.329 e. The Labute approximate surface area is 105 Å². The van der Waals surface area contributed by atoms with Crippen molar-refractivity contribution in [3.05, 3.63) is 26.8 Å². The van der Waals surface area contributed by atoms with E-state index in [0.29, 0.717) is 10.7 Å². The van der Waals surface area contributed by atoms with Gasteiger partial charge in [0.25, 0.3) is 5.91 Å². The molecule has 78 valence electrons. The summed E-state index contributed by atoms with van der Waals surface area (Å²) in [6.45, 7) is 0.0531. The number of urea groups is 1. The summed E-state index contributed by atoms with van der Waals surface area (Å²) in [5, 5.41) is 3.04. The number of hydrogen-bond donors (Lipinski definition) is 1. The van der Waals surface area contributed by atoms with E-state index >= 15 is 0 Å². The highest BCUT2D eigenvalue weighted by Gasteiger charge is 2.31. The number of amides is 3. The van der Waals surface area contributed by atoms with E-state index in [1.54, 1.807) is 18.2 Å². The van der Waals surface area contributed by atoms with Crippen LogP contribution < -0.4 is 10.2 Å². The zero-order valence-electron chi connectivity index (χ0n) is 7.46. The maximum atomic E-state index is 11.4. The highest BCUT2D eigenvalue weighted by atomic mass is 127. The van der Waals surface area contributed by atoms with Gasteiger partial charge in [0.05, 0.1) is 12.2 Å². The average molecular weight is 337 g/mol. The Morgan fingerprint density at radius 2 is 2.13 bits per heavy atom. The van der Waals surface area contributed by atoms with E-state index in [0.717, 1.165) is 8.47 Å². The van der Waals surface area contributed by atoms with Crippen molar-refractivity contribution in [2.45, 2.75) is 0 Å². The molecule has 1 saturated heterocycles. The molecule has 1 aromatic rings. The van der Waals surface area contributed by atoms with Crippen molar-refractivity contribution in [3.8, 4) is 0 Å². The summed E-state index contributed by atoms with van der Waals surface area (Å²) in [7, 11) is 0. The Morgan fingerprint density at radius 3 is 2.67 bits per heavy atom. The predicted octanol–water partition coefficient (Wildman–Crippen LogP) is 2.00. The molecule has 4 nitrogen and oxygen atoms in total. The molecule has 1 aromatic carbocycles. The molecule has 1 aliphatic rings.